The second-order valence-electron chi connectivity index (χ2n) is 4.86. The second-order valence-corrected chi connectivity index (χ2v) is 4.86. The molecule has 1 heterocycles. The van der Waals surface area contributed by atoms with E-state index in [0.717, 1.165) is 12.8 Å². The number of aliphatic carboxylic acids is 1. The van der Waals surface area contributed by atoms with Crippen LogP contribution in [0.15, 0.2) is 12.5 Å². The third-order valence-electron chi connectivity index (χ3n) is 3.20. The molecule has 0 saturated heterocycles. The van der Waals surface area contributed by atoms with E-state index in [2.05, 4.69) is 6.92 Å². The molecule has 1 aliphatic rings. The molecule has 0 fully saturated rings. The zero-order valence-electron chi connectivity index (χ0n) is 11.2. The predicted molar refractivity (Wildman–Crippen MR) is 68.9 cm³/mol. The van der Waals surface area contributed by atoms with Gasteiger partial charge in [0, 0.05) is 6.42 Å². The Kier molecular flexibility index (Phi) is 6.61. The molecule has 4 nitrogen and oxygen atoms in total. The van der Waals surface area contributed by atoms with Gasteiger partial charge in [-0.15, -0.1) is 0 Å². The molecule has 1 aliphatic heterocycles. The fraction of sp³-hybridized carbons (Fsp3) is 0.786. The van der Waals surface area contributed by atoms with E-state index in [4.69, 9.17) is 14.6 Å². The molecule has 0 aromatic carbocycles. The van der Waals surface area contributed by atoms with Crippen LogP contribution in [0, 0.1) is 0 Å². The fourth-order valence-electron chi connectivity index (χ4n) is 2.20. The number of hydrogen-bond acceptors (Lipinski definition) is 3. The maximum atomic E-state index is 10.8. The van der Waals surface area contributed by atoms with Crippen LogP contribution in [0.5, 0.6) is 0 Å². The average molecular weight is 256 g/mol. The van der Waals surface area contributed by atoms with Crippen molar-refractivity contribution < 1.29 is 19.4 Å². The molecule has 0 amide bonds. The quantitative estimate of drug-likeness (QED) is 0.604. The van der Waals surface area contributed by atoms with Gasteiger partial charge >= 0.3 is 5.97 Å². The molecule has 0 saturated carbocycles. The molecule has 0 aromatic rings. The molecular formula is C14H24O4. The second kappa shape index (κ2) is 8.01. The van der Waals surface area contributed by atoms with Crippen molar-refractivity contribution in [3.8, 4) is 0 Å². The van der Waals surface area contributed by atoms with Gasteiger partial charge in [-0.1, -0.05) is 45.4 Å². The number of carbonyl (C=O) groups is 1. The Morgan fingerprint density at radius 3 is 2.17 bits per heavy atom. The van der Waals surface area contributed by atoms with Crippen LogP contribution in [-0.2, 0) is 14.3 Å². The maximum absolute atomic E-state index is 10.8. The SMILES string of the molecule is CCCCCCCCCC1(CC(=O)O)OC=CO1. The van der Waals surface area contributed by atoms with Crippen LogP contribution < -0.4 is 0 Å². The molecule has 18 heavy (non-hydrogen) atoms. The van der Waals surface area contributed by atoms with Crippen LogP contribution in [0.1, 0.15) is 64.7 Å². The zero-order valence-corrected chi connectivity index (χ0v) is 11.2. The largest absolute Gasteiger partial charge is 0.481 e. The van der Waals surface area contributed by atoms with E-state index in [0.29, 0.717) is 6.42 Å². The van der Waals surface area contributed by atoms with Gasteiger partial charge in [0.25, 0.3) is 5.79 Å². The van der Waals surface area contributed by atoms with Crippen molar-refractivity contribution in [1.29, 1.82) is 0 Å². The first-order valence-corrected chi connectivity index (χ1v) is 6.91. The summed E-state index contributed by atoms with van der Waals surface area (Å²) in [6, 6.07) is 0. The number of hydrogen-bond donors (Lipinski definition) is 1. The van der Waals surface area contributed by atoms with Crippen molar-refractivity contribution in [3.05, 3.63) is 12.5 Å². The lowest BCUT2D eigenvalue weighted by molar-refractivity contribution is -0.173. The molecule has 0 radical (unpaired) electrons. The van der Waals surface area contributed by atoms with E-state index in [1.54, 1.807) is 0 Å². The van der Waals surface area contributed by atoms with Crippen LogP contribution in [0.25, 0.3) is 0 Å². The van der Waals surface area contributed by atoms with E-state index >= 15 is 0 Å². The Morgan fingerprint density at radius 1 is 1.06 bits per heavy atom. The minimum absolute atomic E-state index is 0.101. The van der Waals surface area contributed by atoms with Crippen LogP contribution in [0.4, 0.5) is 0 Å². The van der Waals surface area contributed by atoms with Gasteiger partial charge in [0.15, 0.2) is 0 Å². The third-order valence-corrected chi connectivity index (χ3v) is 3.20. The lowest BCUT2D eigenvalue weighted by Gasteiger charge is -2.25. The Labute approximate surface area is 109 Å². The smallest absolute Gasteiger partial charge is 0.311 e. The number of ether oxygens (including phenoxy) is 2. The summed E-state index contributed by atoms with van der Waals surface area (Å²) in [6.45, 7) is 2.21. The molecule has 104 valence electrons. The van der Waals surface area contributed by atoms with Gasteiger partial charge in [-0.3, -0.25) is 4.79 Å². The summed E-state index contributed by atoms with van der Waals surface area (Å²) in [5.74, 6) is -1.84. The van der Waals surface area contributed by atoms with Crippen molar-refractivity contribution in [1.82, 2.24) is 0 Å². The van der Waals surface area contributed by atoms with E-state index in [1.807, 2.05) is 0 Å². The monoisotopic (exact) mass is 256 g/mol. The lowest BCUT2D eigenvalue weighted by atomic mass is 10.0. The average Bonchev–Trinajstić information content (AvgIpc) is 2.76. The normalized spacial score (nSPS) is 16.3. The highest BCUT2D eigenvalue weighted by Crippen LogP contribution is 2.30. The topological polar surface area (TPSA) is 55.8 Å². The minimum atomic E-state index is -0.949. The highest BCUT2D eigenvalue weighted by atomic mass is 16.7. The summed E-state index contributed by atoms with van der Waals surface area (Å²) in [7, 11) is 0. The van der Waals surface area contributed by atoms with E-state index in [9.17, 15) is 4.79 Å². The Bertz CT molecular complexity index is 265. The number of carboxylic acid groups (broad SMARTS) is 1. The van der Waals surface area contributed by atoms with E-state index < -0.39 is 11.8 Å². The van der Waals surface area contributed by atoms with Crippen molar-refractivity contribution in [3.63, 3.8) is 0 Å². The highest BCUT2D eigenvalue weighted by Gasteiger charge is 2.37. The summed E-state index contributed by atoms with van der Waals surface area (Å²) < 4.78 is 10.6. The molecule has 1 rings (SSSR count). The first-order valence-electron chi connectivity index (χ1n) is 6.91. The molecular weight excluding hydrogens is 232 g/mol. The van der Waals surface area contributed by atoms with Crippen molar-refractivity contribution in [2.45, 2.75) is 70.5 Å². The van der Waals surface area contributed by atoms with Gasteiger partial charge in [0.1, 0.15) is 18.9 Å². The van der Waals surface area contributed by atoms with Gasteiger partial charge in [0.05, 0.1) is 0 Å². The van der Waals surface area contributed by atoms with Crippen LogP contribution in [0.3, 0.4) is 0 Å². The van der Waals surface area contributed by atoms with Gasteiger partial charge in [-0.05, 0) is 6.42 Å². The Hall–Kier alpha value is -1.19. The first-order chi connectivity index (χ1) is 8.68. The van der Waals surface area contributed by atoms with Gasteiger partial charge in [0.2, 0.25) is 0 Å². The van der Waals surface area contributed by atoms with E-state index in [-0.39, 0.29) is 6.42 Å². The predicted octanol–water partition coefficient (Wildman–Crippen LogP) is 3.82. The van der Waals surface area contributed by atoms with Crippen LogP contribution in [-0.4, -0.2) is 16.9 Å². The zero-order chi connectivity index (χ0) is 13.3. The molecule has 0 aromatic heterocycles. The summed E-state index contributed by atoms with van der Waals surface area (Å²) in [6.07, 6.45) is 11.8. The van der Waals surface area contributed by atoms with Gasteiger partial charge in [-0.25, -0.2) is 0 Å². The standard InChI is InChI=1S/C14H24O4/c1-2-3-4-5-6-7-8-9-14(12-13(15)16)17-10-11-18-14/h10-11H,2-9,12H2,1H3,(H,15,16). The Morgan fingerprint density at radius 2 is 1.61 bits per heavy atom. The summed E-state index contributed by atoms with van der Waals surface area (Å²) >= 11 is 0. The highest BCUT2D eigenvalue weighted by molar-refractivity contribution is 5.67. The molecule has 0 atom stereocenters. The molecule has 0 bridgehead atoms. The van der Waals surface area contributed by atoms with Crippen molar-refractivity contribution in [2.24, 2.45) is 0 Å². The maximum Gasteiger partial charge on any atom is 0.311 e. The lowest BCUT2D eigenvalue weighted by Crippen LogP contribution is -2.32. The number of rotatable bonds is 10. The summed E-state index contributed by atoms with van der Waals surface area (Å²) in [4.78, 5) is 10.8. The molecule has 4 heteroatoms. The van der Waals surface area contributed by atoms with Gasteiger partial charge < -0.3 is 14.6 Å². The minimum Gasteiger partial charge on any atom is -0.481 e. The van der Waals surface area contributed by atoms with Crippen LogP contribution in [0.2, 0.25) is 0 Å². The number of carboxylic acids is 1. The summed E-state index contributed by atoms with van der Waals surface area (Å²) in [5, 5.41) is 8.85. The first kappa shape index (κ1) is 14.9. The molecule has 0 aliphatic carbocycles. The summed E-state index contributed by atoms with van der Waals surface area (Å²) in [5.41, 5.74) is 0. The Balaban J connectivity index is 2.13. The van der Waals surface area contributed by atoms with Gasteiger partial charge in [-0.2, -0.15) is 0 Å². The van der Waals surface area contributed by atoms with Crippen LogP contribution >= 0.6 is 0 Å². The fourth-order valence-corrected chi connectivity index (χ4v) is 2.20. The van der Waals surface area contributed by atoms with Crippen molar-refractivity contribution in [2.75, 3.05) is 0 Å². The molecule has 1 N–H and O–H groups in total. The van der Waals surface area contributed by atoms with Crippen molar-refractivity contribution >= 4 is 5.97 Å². The molecule has 0 unspecified atom stereocenters. The van der Waals surface area contributed by atoms with E-state index in [1.165, 1.54) is 44.6 Å². The third kappa shape index (κ3) is 5.43. The molecule has 0 spiro atoms. The number of unbranched alkanes of at least 4 members (excludes halogenated alkanes) is 6.